The van der Waals surface area contributed by atoms with Gasteiger partial charge in [0.1, 0.15) is 0 Å². The van der Waals surface area contributed by atoms with Gasteiger partial charge in [0.25, 0.3) is 0 Å². The van der Waals surface area contributed by atoms with E-state index < -0.39 is 5.97 Å². The summed E-state index contributed by atoms with van der Waals surface area (Å²) in [5.74, 6) is 0.798. The zero-order chi connectivity index (χ0) is 11.6. The number of hydrogen-bond donors (Lipinski definition) is 1. The van der Waals surface area contributed by atoms with E-state index in [4.69, 9.17) is 0 Å². The van der Waals surface area contributed by atoms with Crippen LogP contribution in [0.25, 0.3) is 0 Å². The third-order valence-electron chi connectivity index (χ3n) is 5.43. The van der Waals surface area contributed by atoms with Gasteiger partial charge in [-0.05, 0) is 64.5 Å². The van der Waals surface area contributed by atoms with E-state index in [9.17, 15) is 9.90 Å². The molecule has 4 bridgehead atoms. The summed E-state index contributed by atoms with van der Waals surface area (Å²) in [6.07, 6.45) is 6.50. The smallest absolute Gasteiger partial charge is 0.309 e. The van der Waals surface area contributed by atoms with E-state index in [0.717, 1.165) is 19.3 Å². The Bertz CT molecular complexity index is 323. The highest BCUT2D eigenvalue weighted by atomic mass is 16.4. The molecule has 0 aromatic carbocycles. The zero-order valence-electron chi connectivity index (χ0n) is 10.2. The van der Waals surface area contributed by atoms with Gasteiger partial charge < -0.3 is 10.0 Å². The van der Waals surface area contributed by atoms with Crippen molar-refractivity contribution in [3.63, 3.8) is 0 Å². The van der Waals surface area contributed by atoms with Gasteiger partial charge in [0, 0.05) is 5.54 Å². The number of hydrogen-bond acceptors (Lipinski definition) is 2. The van der Waals surface area contributed by atoms with Crippen molar-refractivity contribution < 1.29 is 9.90 Å². The van der Waals surface area contributed by atoms with Gasteiger partial charge in [-0.2, -0.15) is 0 Å². The molecule has 4 aliphatic carbocycles. The molecule has 0 amide bonds. The molecule has 1 N–H and O–H groups in total. The molecule has 0 aromatic heterocycles. The topological polar surface area (TPSA) is 40.5 Å². The van der Waals surface area contributed by atoms with Crippen LogP contribution in [-0.4, -0.2) is 35.6 Å². The van der Waals surface area contributed by atoms with Gasteiger partial charge in [-0.25, -0.2) is 0 Å². The molecule has 4 aliphatic rings. The van der Waals surface area contributed by atoms with Crippen LogP contribution in [0.3, 0.4) is 0 Å². The normalized spacial score (nSPS) is 49.9. The first-order valence-electron chi connectivity index (χ1n) is 6.37. The lowest BCUT2D eigenvalue weighted by molar-refractivity contribution is -0.175. The van der Waals surface area contributed by atoms with Crippen molar-refractivity contribution in [3.05, 3.63) is 0 Å². The number of carboxylic acids is 1. The lowest BCUT2D eigenvalue weighted by Crippen LogP contribution is -2.63. The monoisotopic (exact) mass is 223 g/mol. The van der Waals surface area contributed by atoms with Gasteiger partial charge in [-0.1, -0.05) is 0 Å². The first-order chi connectivity index (χ1) is 7.46. The van der Waals surface area contributed by atoms with E-state index >= 15 is 0 Å². The Balaban J connectivity index is 2.00. The molecule has 0 unspecified atom stereocenters. The van der Waals surface area contributed by atoms with Gasteiger partial charge in [0.05, 0.1) is 5.41 Å². The number of rotatable bonds is 2. The van der Waals surface area contributed by atoms with Crippen LogP contribution >= 0.6 is 0 Å². The van der Waals surface area contributed by atoms with Gasteiger partial charge in [0.2, 0.25) is 0 Å². The van der Waals surface area contributed by atoms with Crippen LogP contribution in [0, 0.1) is 17.3 Å². The zero-order valence-corrected chi connectivity index (χ0v) is 10.2. The highest BCUT2D eigenvalue weighted by Crippen LogP contribution is 2.62. The van der Waals surface area contributed by atoms with Crippen LogP contribution < -0.4 is 0 Å². The summed E-state index contributed by atoms with van der Waals surface area (Å²) in [5.41, 5.74) is -0.184. The van der Waals surface area contributed by atoms with Crippen molar-refractivity contribution in [1.29, 1.82) is 0 Å². The SMILES string of the molecule is CN(C)C12C[C@@H]3C[C@H](CC(C(=O)O)(C3)C1)C2. The van der Waals surface area contributed by atoms with Crippen LogP contribution in [0.2, 0.25) is 0 Å². The first kappa shape index (κ1) is 10.6. The second-order valence-electron chi connectivity index (χ2n) is 6.67. The van der Waals surface area contributed by atoms with Crippen LogP contribution in [0.4, 0.5) is 0 Å². The van der Waals surface area contributed by atoms with Gasteiger partial charge in [-0.3, -0.25) is 4.79 Å². The summed E-state index contributed by atoms with van der Waals surface area (Å²) >= 11 is 0. The van der Waals surface area contributed by atoms with E-state index in [1.165, 1.54) is 19.3 Å². The Morgan fingerprint density at radius 3 is 2.19 bits per heavy atom. The van der Waals surface area contributed by atoms with Crippen LogP contribution in [-0.2, 0) is 4.79 Å². The first-order valence-corrected chi connectivity index (χ1v) is 6.37. The molecule has 2 atom stereocenters. The minimum atomic E-state index is -0.534. The average molecular weight is 223 g/mol. The fourth-order valence-corrected chi connectivity index (χ4v) is 4.99. The molecule has 0 spiro atoms. The van der Waals surface area contributed by atoms with Gasteiger partial charge in [-0.15, -0.1) is 0 Å². The van der Waals surface area contributed by atoms with E-state index in [0.29, 0.717) is 11.8 Å². The lowest BCUT2D eigenvalue weighted by Gasteiger charge is -2.62. The van der Waals surface area contributed by atoms with Crippen molar-refractivity contribution in [2.45, 2.75) is 44.1 Å². The number of nitrogens with zero attached hydrogens (tertiary/aromatic N) is 1. The summed E-state index contributed by atoms with van der Waals surface area (Å²) in [6.45, 7) is 0. The van der Waals surface area contributed by atoms with E-state index in [1.54, 1.807) is 0 Å². The summed E-state index contributed by atoms with van der Waals surface area (Å²) in [5, 5.41) is 9.56. The third kappa shape index (κ3) is 1.21. The van der Waals surface area contributed by atoms with Crippen molar-refractivity contribution in [1.82, 2.24) is 4.90 Å². The molecule has 0 aromatic rings. The molecule has 90 valence electrons. The largest absolute Gasteiger partial charge is 0.481 e. The Hall–Kier alpha value is -0.570. The number of carboxylic acid groups (broad SMARTS) is 1. The van der Waals surface area contributed by atoms with Crippen molar-refractivity contribution in [2.24, 2.45) is 17.3 Å². The predicted octanol–water partition coefficient (Wildman–Crippen LogP) is 1.97. The Morgan fingerprint density at radius 2 is 1.75 bits per heavy atom. The highest BCUT2D eigenvalue weighted by molar-refractivity contribution is 5.75. The maximum atomic E-state index is 11.6. The minimum Gasteiger partial charge on any atom is -0.481 e. The molecule has 4 fully saturated rings. The highest BCUT2D eigenvalue weighted by Gasteiger charge is 2.61. The average Bonchev–Trinajstić information content (AvgIpc) is 2.14. The van der Waals surface area contributed by atoms with Gasteiger partial charge >= 0.3 is 5.97 Å². The summed E-state index contributed by atoms with van der Waals surface area (Å²) in [6, 6.07) is 0. The second kappa shape index (κ2) is 3.00. The standard InChI is InChI=1S/C13H21NO2/c1-14(2)13-6-9-3-10(7-13)5-12(4-9,8-13)11(15)16/h9-10H,3-8H2,1-2H3,(H,15,16)/t9-,10-,12?,13?/m1/s1. The molecule has 4 rings (SSSR count). The molecule has 0 heterocycles. The van der Waals surface area contributed by atoms with Crippen molar-refractivity contribution in [3.8, 4) is 0 Å². The van der Waals surface area contributed by atoms with Crippen LogP contribution in [0.5, 0.6) is 0 Å². The molecular weight excluding hydrogens is 202 g/mol. The van der Waals surface area contributed by atoms with Gasteiger partial charge in [0.15, 0.2) is 0 Å². The molecule has 16 heavy (non-hydrogen) atoms. The maximum absolute atomic E-state index is 11.6. The van der Waals surface area contributed by atoms with Crippen LogP contribution in [0.15, 0.2) is 0 Å². The minimum absolute atomic E-state index is 0.197. The molecule has 3 heteroatoms. The summed E-state index contributed by atoms with van der Waals surface area (Å²) < 4.78 is 0. The Kier molecular flexibility index (Phi) is 1.99. The summed E-state index contributed by atoms with van der Waals surface area (Å²) in [7, 11) is 4.26. The quantitative estimate of drug-likeness (QED) is 0.778. The van der Waals surface area contributed by atoms with Crippen molar-refractivity contribution >= 4 is 5.97 Å². The fourth-order valence-electron chi connectivity index (χ4n) is 4.99. The third-order valence-corrected chi connectivity index (χ3v) is 5.43. The molecular formula is C13H21NO2. The Morgan fingerprint density at radius 1 is 1.19 bits per heavy atom. The van der Waals surface area contributed by atoms with E-state index in [-0.39, 0.29) is 11.0 Å². The van der Waals surface area contributed by atoms with Crippen LogP contribution in [0.1, 0.15) is 38.5 Å². The van der Waals surface area contributed by atoms with Crippen molar-refractivity contribution in [2.75, 3.05) is 14.1 Å². The molecule has 3 nitrogen and oxygen atoms in total. The van der Waals surface area contributed by atoms with E-state index in [2.05, 4.69) is 19.0 Å². The number of carbonyl (C=O) groups is 1. The molecule has 4 saturated carbocycles. The molecule has 0 aliphatic heterocycles. The second-order valence-corrected chi connectivity index (χ2v) is 6.67. The maximum Gasteiger partial charge on any atom is 0.309 e. The van der Waals surface area contributed by atoms with E-state index in [1.807, 2.05) is 0 Å². The summed E-state index contributed by atoms with van der Waals surface area (Å²) in [4.78, 5) is 13.9. The fraction of sp³-hybridized carbons (Fsp3) is 0.923. The molecule has 0 saturated heterocycles. The number of aliphatic carboxylic acids is 1. The lowest BCUT2D eigenvalue weighted by atomic mass is 9.46. The predicted molar refractivity (Wildman–Crippen MR) is 61.2 cm³/mol. The Labute approximate surface area is 96.8 Å². The molecule has 0 radical (unpaired) electrons.